The van der Waals surface area contributed by atoms with E-state index >= 15 is 0 Å². The zero-order valence-corrected chi connectivity index (χ0v) is 35.4. The van der Waals surface area contributed by atoms with Crippen molar-refractivity contribution in [3.05, 3.63) is 56.4 Å². The third-order valence-electron chi connectivity index (χ3n) is 10.5. The molecule has 2 aromatic rings. The van der Waals surface area contributed by atoms with Crippen molar-refractivity contribution in [2.75, 3.05) is 23.7 Å². The SMILES string of the molecule is CCCCC(CC)c1cc(=O)[nH]c(NC(=O)NCCCCCCCCC/C=C/CCCCCCCCCNC(=O)Nc2nc(C(CC)CCCC)cc(=O)[nH]2)n1. The van der Waals surface area contributed by atoms with E-state index < -0.39 is 0 Å². The monoisotopic (exact) mass is 781 g/mol. The van der Waals surface area contributed by atoms with Gasteiger partial charge < -0.3 is 10.6 Å². The standard InChI is InChI=1S/C44H76N8O4/c1-5-9-29-35(7-3)37-33-39(53)49-41(47-37)51-43(55)45-31-27-25-23-21-19-17-15-13-11-12-14-16-18-20-22-24-26-28-32-46-44(56)52-42-48-38(34-40(54)50-42)36(8-4)30-10-6-2/h11-12,33-36H,5-10,13-32H2,1-4H3,(H3,45,47,49,51,53,55)(H3,46,48,50,52,54,56)/b12-11+. The van der Waals surface area contributed by atoms with Crippen LogP contribution in [0.15, 0.2) is 33.9 Å². The average molecular weight is 781 g/mol. The summed E-state index contributed by atoms with van der Waals surface area (Å²) in [5.41, 5.74) is 1.02. The Kier molecular flexibility index (Phi) is 26.8. The van der Waals surface area contributed by atoms with E-state index in [-0.39, 0.29) is 46.9 Å². The smallest absolute Gasteiger partial charge is 0.321 e. The number of nitrogens with zero attached hydrogens (tertiary/aromatic N) is 2. The number of unbranched alkanes of at least 4 members (excludes halogenated alkanes) is 16. The lowest BCUT2D eigenvalue weighted by Gasteiger charge is -2.14. The zero-order chi connectivity index (χ0) is 40.6. The van der Waals surface area contributed by atoms with Crippen LogP contribution in [0.4, 0.5) is 21.5 Å². The number of hydrogen-bond donors (Lipinski definition) is 6. The van der Waals surface area contributed by atoms with Crippen molar-refractivity contribution in [1.82, 2.24) is 30.6 Å². The van der Waals surface area contributed by atoms with E-state index in [1.807, 2.05) is 0 Å². The highest BCUT2D eigenvalue weighted by Crippen LogP contribution is 2.24. The van der Waals surface area contributed by atoms with Crippen molar-refractivity contribution in [3.8, 4) is 0 Å². The molecule has 0 bridgehead atoms. The van der Waals surface area contributed by atoms with E-state index in [2.05, 4.69) is 81.1 Å². The minimum absolute atomic E-state index is 0.212. The number of amides is 4. The van der Waals surface area contributed by atoms with Crippen molar-refractivity contribution in [2.45, 2.75) is 194 Å². The fourth-order valence-corrected chi connectivity index (χ4v) is 7.00. The summed E-state index contributed by atoms with van der Waals surface area (Å²) in [6.45, 7) is 9.72. The first-order valence-corrected chi connectivity index (χ1v) is 22.3. The van der Waals surface area contributed by atoms with E-state index in [0.717, 1.165) is 101 Å². The van der Waals surface area contributed by atoms with Crippen molar-refractivity contribution in [2.24, 2.45) is 0 Å². The Morgan fingerprint density at radius 1 is 0.554 bits per heavy atom. The Balaban J connectivity index is 1.38. The molecule has 0 aromatic carbocycles. The van der Waals surface area contributed by atoms with Gasteiger partial charge in [-0.15, -0.1) is 0 Å². The van der Waals surface area contributed by atoms with Crippen LogP contribution in [0.2, 0.25) is 0 Å². The Bertz CT molecular complexity index is 1380. The largest absolute Gasteiger partial charge is 0.338 e. The molecule has 0 saturated carbocycles. The molecule has 0 spiro atoms. The summed E-state index contributed by atoms with van der Waals surface area (Å²) < 4.78 is 0. The number of aromatic nitrogens is 4. The molecule has 56 heavy (non-hydrogen) atoms. The molecule has 4 amide bonds. The number of nitrogens with one attached hydrogen (secondary N) is 6. The molecule has 12 heteroatoms. The van der Waals surface area contributed by atoms with E-state index in [1.165, 1.54) is 64.2 Å². The summed E-state index contributed by atoms with van der Waals surface area (Å²) in [6.07, 6.45) is 31.6. The van der Waals surface area contributed by atoms with Gasteiger partial charge in [-0.05, 0) is 64.2 Å². The van der Waals surface area contributed by atoms with Crippen LogP contribution < -0.4 is 32.4 Å². The highest BCUT2D eigenvalue weighted by atomic mass is 16.2. The Morgan fingerprint density at radius 3 is 1.27 bits per heavy atom. The maximum Gasteiger partial charge on any atom is 0.321 e. The molecule has 12 nitrogen and oxygen atoms in total. The first-order valence-electron chi connectivity index (χ1n) is 22.3. The minimum atomic E-state index is -0.333. The Morgan fingerprint density at radius 2 is 0.911 bits per heavy atom. The summed E-state index contributed by atoms with van der Waals surface area (Å²) >= 11 is 0. The highest BCUT2D eigenvalue weighted by molar-refractivity contribution is 5.87. The number of aromatic amines is 2. The summed E-state index contributed by atoms with van der Waals surface area (Å²) in [6, 6.07) is 2.43. The van der Waals surface area contributed by atoms with Crippen LogP contribution in [0.3, 0.4) is 0 Å². The topological polar surface area (TPSA) is 174 Å². The Labute approximate surface area is 337 Å². The number of hydrogen-bond acceptors (Lipinski definition) is 6. The second-order valence-electron chi connectivity index (χ2n) is 15.3. The molecule has 0 radical (unpaired) electrons. The fraction of sp³-hybridized carbons (Fsp3) is 0.727. The molecule has 2 rings (SSSR count). The van der Waals surface area contributed by atoms with Crippen molar-refractivity contribution in [3.63, 3.8) is 0 Å². The number of carbonyl (C=O) groups is 2. The molecule has 2 unspecified atom stereocenters. The normalized spacial score (nSPS) is 12.4. The van der Waals surface area contributed by atoms with Crippen LogP contribution in [0.5, 0.6) is 0 Å². The molecule has 0 aliphatic rings. The number of allylic oxidation sites excluding steroid dienone is 2. The molecule has 0 aliphatic heterocycles. The molecule has 0 saturated heterocycles. The summed E-state index contributed by atoms with van der Waals surface area (Å²) in [5.74, 6) is 0.880. The van der Waals surface area contributed by atoms with Gasteiger partial charge in [0.15, 0.2) is 0 Å². The molecule has 0 fully saturated rings. The predicted molar refractivity (Wildman–Crippen MR) is 232 cm³/mol. The van der Waals surface area contributed by atoms with Crippen molar-refractivity contribution >= 4 is 24.0 Å². The van der Waals surface area contributed by atoms with Gasteiger partial charge in [-0.3, -0.25) is 30.2 Å². The van der Waals surface area contributed by atoms with E-state index in [0.29, 0.717) is 13.1 Å². The van der Waals surface area contributed by atoms with Crippen LogP contribution in [0.1, 0.15) is 205 Å². The van der Waals surface area contributed by atoms with Crippen LogP contribution >= 0.6 is 0 Å². The van der Waals surface area contributed by atoms with Crippen LogP contribution in [0, 0.1) is 0 Å². The number of H-pyrrole nitrogens is 2. The molecule has 2 atom stereocenters. The number of rotatable bonds is 32. The number of carbonyl (C=O) groups excluding carboxylic acids is 2. The average Bonchev–Trinajstić information content (AvgIpc) is 3.17. The first kappa shape index (κ1) is 48.2. The highest BCUT2D eigenvalue weighted by Gasteiger charge is 2.15. The zero-order valence-electron chi connectivity index (χ0n) is 35.4. The molecule has 2 heterocycles. The van der Waals surface area contributed by atoms with E-state index in [1.54, 1.807) is 12.1 Å². The Hall–Kier alpha value is -3.96. The third-order valence-corrected chi connectivity index (χ3v) is 10.5. The van der Waals surface area contributed by atoms with Gasteiger partial charge in [0.25, 0.3) is 11.1 Å². The van der Waals surface area contributed by atoms with Crippen molar-refractivity contribution < 1.29 is 9.59 Å². The first-order chi connectivity index (χ1) is 27.3. The molecular weight excluding hydrogens is 705 g/mol. The van der Waals surface area contributed by atoms with Crippen LogP contribution in [-0.4, -0.2) is 45.1 Å². The van der Waals surface area contributed by atoms with Gasteiger partial charge in [0.2, 0.25) is 11.9 Å². The van der Waals surface area contributed by atoms with E-state index in [4.69, 9.17) is 0 Å². The van der Waals surface area contributed by atoms with Gasteiger partial charge >= 0.3 is 12.1 Å². The van der Waals surface area contributed by atoms with Crippen LogP contribution in [-0.2, 0) is 0 Å². The van der Waals surface area contributed by atoms with Gasteiger partial charge in [0, 0.05) is 37.1 Å². The second-order valence-corrected chi connectivity index (χ2v) is 15.3. The summed E-state index contributed by atoms with van der Waals surface area (Å²) in [4.78, 5) is 63.2. The second kappa shape index (κ2) is 31.2. The summed E-state index contributed by atoms with van der Waals surface area (Å²) in [7, 11) is 0. The minimum Gasteiger partial charge on any atom is -0.338 e. The summed E-state index contributed by atoms with van der Waals surface area (Å²) in [5, 5.41) is 11.2. The molecular formula is C44H76N8O4. The maximum absolute atomic E-state index is 12.3. The van der Waals surface area contributed by atoms with Crippen LogP contribution in [0.25, 0.3) is 0 Å². The van der Waals surface area contributed by atoms with Gasteiger partial charge in [-0.1, -0.05) is 130 Å². The van der Waals surface area contributed by atoms with Gasteiger partial charge in [0.05, 0.1) is 11.4 Å². The van der Waals surface area contributed by atoms with Gasteiger partial charge in [0.1, 0.15) is 0 Å². The van der Waals surface area contributed by atoms with E-state index in [9.17, 15) is 19.2 Å². The molecule has 6 N–H and O–H groups in total. The van der Waals surface area contributed by atoms with Gasteiger partial charge in [-0.2, -0.15) is 0 Å². The lowest BCUT2D eigenvalue weighted by Crippen LogP contribution is -2.31. The lowest BCUT2D eigenvalue weighted by molar-refractivity contribution is 0.251. The quantitative estimate of drug-likeness (QED) is 0.0318. The van der Waals surface area contributed by atoms with Crippen molar-refractivity contribution in [1.29, 1.82) is 0 Å². The third kappa shape index (κ3) is 22.6. The maximum atomic E-state index is 12.3. The number of anilines is 2. The predicted octanol–water partition coefficient (Wildman–Crippen LogP) is 11.0. The fourth-order valence-electron chi connectivity index (χ4n) is 7.00. The van der Waals surface area contributed by atoms with Gasteiger partial charge in [-0.25, -0.2) is 19.6 Å². The molecule has 316 valence electrons. The lowest BCUT2D eigenvalue weighted by atomic mass is 9.96. The molecule has 0 aliphatic carbocycles. The molecule has 2 aromatic heterocycles. The number of urea groups is 2.